The van der Waals surface area contributed by atoms with Crippen molar-refractivity contribution in [2.45, 2.75) is 32.2 Å². The van der Waals surface area contributed by atoms with Gasteiger partial charge in [-0.15, -0.1) is 0 Å². The van der Waals surface area contributed by atoms with Crippen molar-refractivity contribution in [3.05, 3.63) is 35.9 Å². The molecule has 1 aliphatic heterocycles. The topological polar surface area (TPSA) is 57.8 Å². The molecule has 3 rings (SSSR count). The first-order valence-corrected chi connectivity index (χ1v) is 7.12. The number of fused-ring (bicyclic) bond motifs is 1. The van der Waals surface area contributed by atoms with Crippen LogP contribution < -0.4 is 0 Å². The maximum absolute atomic E-state index is 11.0. The fraction of sp³-hybridized carbons (Fsp3) is 0.467. The van der Waals surface area contributed by atoms with Gasteiger partial charge in [-0.25, -0.2) is 9.78 Å². The van der Waals surface area contributed by atoms with Crippen LogP contribution in [0.25, 0.3) is 5.52 Å². The number of carbonyl (C=O) groups is 1. The number of aromatic nitrogens is 2. The minimum Gasteiger partial charge on any atom is -0.478 e. The average molecular weight is 273 g/mol. The lowest BCUT2D eigenvalue weighted by atomic mass is 10.1. The standard InChI is InChI=1S/C15H19N3O2/c1-2-17-6-3-4-12(17)9-14-16-10-13-8-11(15(19)20)5-7-18(13)14/h5,7-8,10,12H,2-4,6,9H2,1H3,(H,19,20). The van der Waals surface area contributed by atoms with Crippen LogP contribution in [0.2, 0.25) is 0 Å². The lowest BCUT2D eigenvalue weighted by molar-refractivity contribution is 0.0697. The van der Waals surface area contributed by atoms with Gasteiger partial charge in [0.2, 0.25) is 0 Å². The van der Waals surface area contributed by atoms with Crippen LogP contribution in [0.1, 0.15) is 35.9 Å². The molecule has 1 aliphatic rings. The zero-order valence-electron chi connectivity index (χ0n) is 11.6. The van der Waals surface area contributed by atoms with E-state index >= 15 is 0 Å². The number of rotatable bonds is 4. The largest absolute Gasteiger partial charge is 0.478 e. The summed E-state index contributed by atoms with van der Waals surface area (Å²) in [6, 6.07) is 3.86. The molecule has 3 heterocycles. The van der Waals surface area contributed by atoms with Crippen molar-refractivity contribution >= 4 is 11.5 Å². The second kappa shape index (κ2) is 5.25. The molecule has 0 radical (unpaired) electrons. The van der Waals surface area contributed by atoms with Crippen molar-refractivity contribution in [3.8, 4) is 0 Å². The van der Waals surface area contributed by atoms with E-state index in [1.165, 1.54) is 19.4 Å². The third-order valence-corrected chi connectivity index (χ3v) is 4.18. The van der Waals surface area contributed by atoms with Gasteiger partial charge in [0.1, 0.15) is 5.82 Å². The van der Waals surface area contributed by atoms with Gasteiger partial charge in [0.15, 0.2) is 0 Å². The van der Waals surface area contributed by atoms with Gasteiger partial charge >= 0.3 is 5.97 Å². The molecule has 0 spiro atoms. The Morgan fingerprint density at radius 2 is 2.40 bits per heavy atom. The van der Waals surface area contributed by atoms with Crippen molar-refractivity contribution < 1.29 is 9.90 Å². The quantitative estimate of drug-likeness (QED) is 0.926. The van der Waals surface area contributed by atoms with E-state index in [-0.39, 0.29) is 0 Å². The first-order chi connectivity index (χ1) is 9.69. The van der Waals surface area contributed by atoms with Gasteiger partial charge in [-0.05, 0) is 38.1 Å². The predicted octanol–water partition coefficient (Wildman–Crippen LogP) is 2.06. The van der Waals surface area contributed by atoms with Gasteiger partial charge in [-0.3, -0.25) is 0 Å². The molecule has 0 aliphatic carbocycles. The highest BCUT2D eigenvalue weighted by atomic mass is 16.4. The van der Waals surface area contributed by atoms with E-state index in [1.807, 2.05) is 10.6 Å². The Morgan fingerprint density at radius 1 is 1.55 bits per heavy atom. The Kier molecular flexibility index (Phi) is 3.44. The number of aromatic carboxylic acids is 1. The molecule has 0 saturated carbocycles. The molecule has 106 valence electrons. The number of hydrogen-bond acceptors (Lipinski definition) is 3. The molecule has 0 aromatic carbocycles. The summed E-state index contributed by atoms with van der Waals surface area (Å²) in [5.41, 5.74) is 1.15. The van der Waals surface area contributed by atoms with Crippen molar-refractivity contribution in [1.29, 1.82) is 0 Å². The van der Waals surface area contributed by atoms with Crippen LogP contribution in [0.5, 0.6) is 0 Å². The SMILES string of the molecule is CCN1CCCC1Cc1ncc2cc(C(=O)O)ccn12. The fourth-order valence-corrected chi connectivity index (χ4v) is 3.09. The first kappa shape index (κ1) is 13.1. The van der Waals surface area contributed by atoms with E-state index in [4.69, 9.17) is 5.11 Å². The fourth-order valence-electron chi connectivity index (χ4n) is 3.09. The number of nitrogens with zero attached hydrogens (tertiary/aromatic N) is 3. The van der Waals surface area contributed by atoms with Crippen molar-refractivity contribution in [1.82, 2.24) is 14.3 Å². The van der Waals surface area contributed by atoms with Crippen molar-refractivity contribution in [2.24, 2.45) is 0 Å². The van der Waals surface area contributed by atoms with Gasteiger partial charge in [0.05, 0.1) is 17.3 Å². The second-order valence-corrected chi connectivity index (χ2v) is 5.32. The van der Waals surface area contributed by atoms with Crippen LogP contribution in [0.15, 0.2) is 24.5 Å². The summed E-state index contributed by atoms with van der Waals surface area (Å²) in [6.45, 7) is 4.45. The smallest absolute Gasteiger partial charge is 0.335 e. The van der Waals surface area contributed by atoms with Crippen LogP contribution in [-0.2, 0) is 6.42 Å². The number of hydrogen-bond donors (Lipinski definition) is 1. The Labute approximate surface area is 117 Å². The highest BCUT2D eigenvalue weighted by Gasteiger charge is 2.24. The number of carboxylic acids is 1. The molecule has 5 heteroatoms. The van der Waals surface area contributed by atoms with Crippen LogP contribution in [0.4, 0.5) is 0 Å². The first-order valence-electron chi connectivity index (χ1n) is 7.12. The average Bonchev–Trinajstić information content (AvgIpc) is 3.05. The Balaban J connectivity index is 1.87. The number of imidazole rings is 1. The lowest BCUT2D eigenvalue weighted by Gasteiger charge is -2.22. The van der Waals surface area contributed by atoms with E-state index in [1.54, 1.807) is 18.3 Å². The molecule has 20 heavy (non-hydrogen) atoms. The van der Waals surface area contributed by atoms with Gasteiger partial charge in [0.25, 0.3) is 0 Å². The van der Waals surface area contributed by atoms with Gasteiger partial charge in [-0.1, -0.05) is 6.92 Å². The van der Waals surface area contributed by atoms with Gasteiger partial charge in [-0.2, -0.15) is 0 Å². The Morgan fingerprint density at radius 3 is 3.15 bits per heavy atom. The van der Waals surface area contributed by atoms with E-state index in [9.17, 15) is 4.79 Å². The summed E-state index contributed by atoms with van der Waals surface area (Å²) in [7, 11) is 0. The molecule has 0 bridgehead atoms. The minimum absolute atomic E-state index is 0.306. The van der Waals surface area contributed by atoms with Gasteiger partial charge < -0.3 is 14.4 Å². The normalized spacial score (nSPS) is 19.8. The predicted molar refractivity (Wildman–Crippen MR) is 76.1 cm³/mol. The third kappa shape index (κ3) is 2.29. The molecule has 1 fully saturated rings. The summed E-state index contributed by atoms with van der Waals surface area (Å²) in [5, 5.41) is 9.01. The third-order valence-electron chi connectivity index (χ3n) is 4.18. The maximum atomic E-state index is 11.0. The summed E-state index contributed by atoms with van der Waals surface area (Å²) in [6.07, 6.45) is 6.97. The summed E-state index contributed by atoms with van der Waals surface area (Å²) in [4.78, 5) is 17.9. The number of pyridine rings is 1. The van der Waals surface area contributed by atoms with Crippen LogP contribution in [0, 0.1) is 0 Å². The molecule has 2 aromatic heterocycles. The van der Waals surface area contributed by atoms with Gasteiger partial charge in [0, 0.05) is 18.7 Å². The zero-order valence-corrected chi connectivity index (χ0v) is 11.6. The molecule has 1 atom stereocenters. The summed E-state index contributed by atoms with van der Waals surface area (Å²) in [5.74, 6) is 0.116. The maximum Gasteiger partial charge on any atom is 0.335 e. The highest BCUT2D eigenvalue weighted by molar-refractivity contribution is 5.88. The lowest BCUT2D eigenvalue weighted by Crippen LogP contribution is -2.31. The number of likely N-dealkylation sites (N-methyl/N-ethyl adjacent to an activating group) is 1. The summed E-state index contributed by atoms with van der Waals surface area (Å²) < 4.78 is 2.00. The van der Waals surface area contributed by atoms with Crippen molar-refractivity contribution in [2.75, 3.05) is 13.1 Å². The zero-order chi connectivity index (χ0) is 14.1. The molecular formula is C15H19N3O2. The van der Waals surface area contributed by atoms with E-state index in [0.717, 1.165) is 24.3 Å². The Hall–Kier alpha value is -1.88. The monoisotopic (exact) mass is 273 g/mol. The van der Waals surface area contributed by atoms with Crippen LogP contribution >= 0.6 is 0 Å². The number of likely N-dealkylation sites (tertiary alicyclic amines) is 1. The Bertz CT molecular complexity index is 635. The van der Waals surface area contributed by atoms with Crippen molar-refractivity contribution in [3.63, 3.8) is 0 Å². The molecular weight excluding hydrogens is 254 g/mol. The minimum atomic E-state index is -0.900. The molecule has 1 N–H and O–H groups in total. The number of carboxylic acid groups (broad SMARTS) is 1. The molecule has 1 unspecified atom stereocenters. The molecule has 1 saturated heterocycles. The molecule has 5 nitrogen and oxygen atoms in total. The summed E-state index contributed by atoms with van der Waals surface area (Å²) >= 11 is 0. The van der Waals surface area contributed by atoms with E-state index in [0.29, 0.717) is 11.6 Å². The van der Waals surface area contributed by atoms with E-state index in [2.05, 4.69) is 16.8 Å². The van der Waals surface area contributed by atoms with E-state index < -0.39 is 5.97 Å². The molecule has 2 aromatic rings. The second-order valence-electron chi connectivity index (χ2n) is 5.32. The highest BCUT2D eigenvalue weighted by Crippen LogP contribution is 2.21. The van der Waals surface area contributed by atoms with Crippen LogP contribution in [0.3, 0.4) is 0 Å². The molecule has 0 amide bonds. The van der Waals surface area contributed by atoms with Crippen LogP contribution in [-0.4, -0.2) is 44.5 Å².